The van der Waals surface area contributed by atoms with Gasteiger partial charge in [0.05, 0.1) is 18.1 Å². The quantitative estimate of drug-likeness (QED) is 0.741. The first kappa shape index (κ1) is 11.0. The highest BCUT2D eigenvalue weighted by atomic mass is 15.0. The lowest BCUT2D eigenvalue weighted by Gasteiger charge is -2.26. The molecule has 76 valence electrons. The Morgan fingerprint density at radius 2 is 1.79 bits per heavy atom. The molecule has 0 aromatic carbocycles. The van der Waals surface area contributed by atoms with Gasteiger partial charge in [0.15, 0.2) is 0 Å². The van der Waals surface area contributed by atoms with Crippen LogP contribution in [-0.4, -0.2) is 12.1 Å². The van der Waals surface area contributed by atoms with Gasteiger partial charge in [-0.15, -0.1) is 0 Å². The molecule has 1 aliphatic carbocycles. The Labute approximate surface area is 85.7 Å². The Bertz CT molecular complexity index is 242. The van der Waals surface area contributed by atoms with E-state index in [0.29, 0.717) is 6.04 Å². The molecule has 1 N–H and O–H groups in total. The molecule has 3 heteroatoms. The van der Waals surface area contributed by atoms with Crippen molar-refractivity contribution in [1.29, 1.82) is 10.5 Å². The summed E-state index contributed by atoms with van der Waals surface area (Å²) in [4.78, 5) is 0. The van der Waals surface area contributed by atoms with Crippen LogP contribution in [-0.2, 0) is 0 Å². The molecular weight excluding hydrogens is 174 g/mol. The van der Waals surface area contributed by atoms with Gasteiger partial charge in [0.2, 0.25) is 0 Å². The minimum absolute atomic E-state index is 0.220. The van der Waals surface area contributed by atoms with E-state index in [1.165, 1.54) is 19.3 Å². The van der Waals surface area contributed by atoms with Gasteiger partial charge in [0.25, 0.3) is 0 Å². The van der Waals surface area contributed by atoms with Crippen LogP contribution in [0.3, 0.4) is 0 Å². The molecule has 0 heterocycles. The molecule has 0 radical (unpaired) electrons. The molecule has 1 saturated carbocycles. The number of nitrogens with zero attached hydrogens (tertiary/aromatic N) is 2. The van der Waals surface area contributed by atoms with Crippen LogP contribution in [0, 0.1) is 28.6 Å². The number of nitrogens with one attached hydrogen (secondary N) is 1. The summed E-state index contributed by atoms with van der Waals surface area (Å²) in [6, 6.07) is 4.43. The van der Waals surface area contributed by atoms with Gasteiger partial charge < -0.3 is 0 Å². The van der Waals surface area contributed by atoms with Gasteiger partial charge in [-0.1, -0.05) is 19.3 Å². The Kier molecular flexibility index (Phi) is 4.43. The van der Waals surface area contributed by atoms with Crippen molar-refractivity contribution in [3.63, 3.8) is 0 Å². The highest BCUT2D eigenvalue weighted by Crippen LogP contribution is 2.18. The summed E-state index contributed by atoms with van der Waals surface area (Å²) in [7, 11) is 0. The highest BCUT2D eigenvalue weighted by molar-refractivity contribution is 5.02. The molecule has 0 amide bonds. The van der Waals surface area contributed by atoms with Crippen molar-refractivity contribution in [2.75, 3.05) is 0 Å². The van der Waals surface area contributed by atoms with Gasteiger partial charge in [-0.05, 0) is 19.8 Å². The van der Waals surface area contributed by atoms with E-state index in [1.807, 2.05) is 0 Å². The maximum Gasteiger partial charge on any atom is 0.111 e. The van der Waals surface area contributed by atoms with Gasteiger partial charge in [-0.3, -0.25) is 5.32 Å². The minimum Gasteiger partial charge on any atom is -0.298 e. The molecule has 14 heavy (non-hydrogen) atoms. The summed E-state index contributed by atoms with van der Waals surface area (Å²) in [5.41, 5.74) is 0. The van der Waals surface area contributed by atoms with Gasteiger partial charge in [0.1, 0.15) is 6.04 Å². The fraction of sp³-hybridized carbons (Fsp3) is 0.818. The van der Waals surface area contributed by atoms with Crippen LogP contribution in [0.5, 0.6) is 0 Å². The second kappa shape index (κ2) is 5.62. The number of hydrogen-bond donors (Lipinski definition) is 1. The maximum absolute atomic E-state index is 8.89. The zero-order valence-corrected chi connectivity index (χ0v) is 8.66. The lowest BCUT2D eigenvalue weighted by Crippen LogP contribution is -2.41. The van der Waals surface area contributed by atoms with Crippen LogP contribution in [0.2, 0.25) is 0 Å². The highest BCUT2D eigenvalue weighted by Gasteiger charge is 2.21. The third kappa shape index (κ3) is 3.01. The largest absolute Gasteiger partial charge is 0.298 e. The fourth-order valence-corrected chi connectivity index (χ4v) is 1.89. The molecular formula is C11H17N3. The van der Waals surface area contributed by atoms with Gasteiger partial charge in [0, 0.05) is 6.04 Å². The molecule has 0 saturated heterocycles. The average molecular weight is 191 g/mol. The summed E-state index contributed by atoms with van der Waals surface area (Å²) in [5, 5.41) is 20.9. The predicted molar refractivity (Wildman–Crippen MR) is 54.2 cm³/mol. The van der Waals surface area contributed by atoms with Crippen molar-refractivity contribution in [2.45, 2.75) is 51.1 Å². The molecule has 0 aromatic rings. The standard InChI is InChI=1S/C11H17N3/c1-9(7-12)11(8-13)14-10-5-3-2-4-6-10/h9-11,14H,2-6H2,1H3. The molecule has 3 nitrogen and oxygen atoms in total. The Morgan fingerprint density at radius 1 is 1.14 bits per heavy atom. The van der Waals surface area contributed by atoms with Crippen molar-refractivity contribution in [3.8, 4) is 12.1 Å². The summed E-state index contributed by atoms with van der Waals surface area (Å²) in [5.74, 6) is -0.220. The van der Waals surface area contributed by atoms with Gasteiger partial charge in [-0.25, -0.2) is 0 Å². The van der Waals surface area contributed by atoms with Gasteiger partial charge in [-0.2, -0.15) is 10.5 Å². The van der Waals surface area contributed by atoms with E-state index in [0.717, 1.165) is 12.8 Å². The third-order valence-corrected chi connectivity index (χ3v) is 2.86. The molecule has 0 bridgehead atoms. The van der Waals surface area contributed by atoms with Crippen molar-refractivity contribution >= 4 is 0 Å². The lowest BCUT2D eigenvalue weighted by atomic mass is 9.93. The van der Waals surface area contributed by atoms with E-state index >= 15 is 0 Å². The van der Waals surface area contributed by atoms with E-state index in [-0.39, 0.29) is 12.0 Å². The fourth-order valence-electron chi connectivity index (χ4n) is 1.89. The van der Waals surface area contributed by atoms with E-state index in [2.05, 4.69) is 17.5 Å². The van der Waals surface area contributed by atoms with E-state index in [1.54, 1.807) is 6.92 Å². The second-order valence-corrected chi connectivity index (χ2v) is 4.03. The summed E-state index contributed by atoms with van der Waals surface area (Å²) < 4.78 is 0. The normalized spacial score (nSPS) is 21.9. The van der Waals surface area contributed by atoms with Crippen LogP contribution < -0.4 is 5.32 Å². The van der Waals surface area contributed by atoms with Crippen LogP contribution in [0.4, 0.5) is 0 Å². The SMILES string of the molecule is CC(C#N)C(C#N)NC1CCCCC1. The first-order chi connectivity index (χ1) is 6.77. The number of hydrogen-bond acceptors (Lipinski definition) is 3. The summed E-state index contributed by atoms with van der Waals surface area (Å²) in [6.45, 7) is 1.80. The zero-order chi connectivity index (χ0) is 10.4. The monoisotopic (exact) mass is 191 g/mol. The van der Waals surface area contributed by atoms with Crippen molar-refractivity contribution in [1.82, 2.24) is 5.32 Å². The smallest absolute Gasteiger partial charge is 0.111 e. The van der Waals surface area contributed by atoms with Gasteiger partial charge >= 0.3 is 0 Å². The minimum atomic E-state index is -0.303. The maximum atomic E-state index is 8.89. The Morgan fingerprint density at radius 3 is 2.29 bits per heavy atom. The first-order valence-electron chi connectivity index (χ1n) is 5.33. The Hall–Kier alpha value is -1.06. The molecule has 0 aliphatic heterocycles. The summed E-state index contributed by atoms with van der Waals surface area (Å²) in [6.07, 6.45) is 6.10. The summed E-state index contributed by atoms with van der Waals surface area (Å²) >= 11 is 0. The van der Waals surface area contributed by atoms with Crippen LogP contribution >= 0.6 is 0 Å². The molecule has 1 fully saturated rings. The molecule has 2 unspecified atom stereocenters. The average Bonchev–Trinajstić information content (AvgIpc) is 2.26. The number of rotatable bonds is 3. The molecule has 0 aromatic heterocycles. The van der Waals surface area contributed by atoms with E-state index < -0.39 is 0 Å². The van der Waals surface area contributed by atoms with Crippen LogP contribution in [0.25, 0.3) is 0 Å². The molecule has 1 aliphatic rings. The van der Waals surface area contributed by atoms with Crippen molar-refractivity contribution < 1.29 is 0 Å². The van der Waals surface area contributed by atoms with Crippen LogP contribution in [0.15, 0.2) is 0 Å². The van der Waals surface area contributed by atoms with E-state index in [4.69, 9.17) is 10.5 Å². The van der Waals surface area contributed by atoms with Crippen molar-refractivity contribution in [3.05, 3.63) is 0 Å². The van der Waals surface area contributed by atoms with Crippen LogP contribution in [0.1, 0.15) is 39.0 Å². The first-order valence-corrected chi connectivity index (χ1v) is 5.33. The van der Waals surface area contributed by atoms with Crippen molar-refractivity contribution in [2.24, 2.45) is 5.92 Å². The molecule has 0 spiro atoms. The topological polar surface area (TPSA) is 59.6 Å². The second-order valence-electron chi connectivity index (χ2n) is 4.03. The number of nitriles is 2. The Balaban J connectivity index is 2.40. The third-order valence-electron chi connectivity index (χ3n) is 2.86. The molecule has 2 atom stereocenters. The van der Waals surface area contributed by atoms with E-state index in [9.17, 15) is 0 Å². The zero-order valence-electron chi connectivity index (χ0n) is 8.66. The lowest BCUT2D eigenvalue weighted by molar-refractivity contribution is 0.340. The predicted octanol–water partition coefficient (Wildman–Crippen LogP) is 1.96. The molecule has 1 rings (SSSR count).